The summed E-state index contributed by atoms with van der Waals surface area (Å²) in [4.78, 5) is 0. The Morgan fingerprint density at radius 2 is 1.79 bits per heavy atom. The number of unbranched alkanes of at least 4 members (excludes halogenated alkanes) is 2. The minimum absolute atomic E-state index is 0.113. The number of hydrogen-bond acceptors (Lipinski definition) is 2. The van der Waals surface area contributed by atoms with Crippen molar-refractivity contribution in [3.63, 3.8) is 0 Å². The number of rotatable bonds is 6. The SMILES string of the molecule is CCCCC[C@@H](N)c1ccc(OC)c2ccccc12. The van der Waals surface area contributed by atoms with Gasteiger partial charge in [-0.15, -0.1) is 0 Å². The molecule has 2 aromatic carbocycles. The first kappa shape index (κ1) is 13.9. The Labute approximate surface area is 115 Å². The van der Waals surface area contributed by atoms with E-state index in [1.54, 1.807) is 7.11 Å². The van der Waals surface area contributed by atoms with Gasteiger partial charge in [0.15, 0.2) is 0 Å². The first-order valence-corrected chi connectivity index (χ1v) is 7.09. The summed E-state index contributed by atoms with van der Waals surface area (Å²) in [7, 11) is 1.71. The zero-order valence-corrected chi connectivity index (χ0v) is 11.9. The van der Waals surface area contributed by atoms with E-state index < -0.39 is 0 Å². The Hall–Kier alpha value is -1.54. The Morgan fingerprint density at radius 1 is 1.05 bits per heavy atom. The summed E-state index contributed by atoms with van der Waals surface area (Å²) < 4.78 is 5.42. The molecule has 0 fully saturated rings. The predicted molar refractivity (Wildman–Crippen MR) is 81.6 cm³/mol. The molecule has 0 radical (unpaired) electrons. The third-order valence-corrected chi connectivity index (χ3v) is 3.66. The number of hydrogen-bond donors (Lipinski definition) is 1. The van der Waals surface area contributed by atoms with E-state index >= 15 is 0 Å². The zero-order chi connectivity index (χ0) is 13.7. The van der Waals surface area contributed by atoms with Crippen LogP contribution in [0, 0.1) is 0 Å². The fourth-order valence-corrected chi connectivity index (χ4v) is 2.57. The molecule has 0 aromatic heterocycles. The standard InChI is InChI=1S/C17H23NO/c1-3-4-5-10-16(18)14-11-12-17(19-2)15-9-7-6-8-13(14)15/h6-9,11-12,16H,3-5,10,18H2,1-2H3/t16-/m1/s1. The summed E-state index contributed by atoms with van der Waals surface area (Å²) in [6.07, 6.45) is 4.72. The lowest BCUT2D eigenvalue weighted by atomic mass is 9.95. The van der Waals surface area contributed by atoms with Gasteiger partial charge in [0, 0.05) is 11.4 Å². The molecule has 2 rings (SSSR count). The minimum Gasteiger partial charge on any atom is -0.496 e. The number of benzene rings is 2. The van der Waals surface area contributed by atoms with Crippen LogP contribution in [0.4, 0.5) is 0 Å². The van der Waals surface area contributed by atoms with E-state index in [1.807, 2.05) is 12.1 Å². The largest absolute Gasteiger partial charge is 0.496 e. The molecule has 2 N–H and O–H groups in total. The number of methoxy groups -OCH3 is 1. The summed E-state index contributed by atoms with van der Waals surface area (Å²) in [6.45, 7) is 2.22. The monoisotopic (exact) mass is 257 g/mol. The van der Waals surface area contributed by atoms with Crippen molar-refractivity contribution in [2.75, 3.05) is 7.11 Å². The van der Waals surface area contributed by atoms with Gasteiger partial charge in [-0.2, -0.15) is 0 Å². The molecule has 0 amide bonds. The van der Waals surface area contributed by atoms with Gasteiger partial charge in [-0.1, -0.05) is 56.5 Å². The van der Waals surface area contributed by atoms with Crippen molar-refractivity contribution in [2.45, 2.75) is 38.6 Å². The normalized spacial score (nSPS) is 12.6. The average molecular weight is 257 g/mol. The lowest BCUT2D eigenvalue weighted by molar-refractivity contribution is 0.419. The molecule has 2 aromatic rings. The van der Waals surface area contributed by atoms with Crippen LogP contribution in [0.5, 0.6) is 5.75 Å². The molecular weight excluding hydrogens is 234 g/mol. The average Bonchev–Trinajstić information content (AvgIpc) is 2.46. The third-order valence-electron chi connectivity index (χ3n) is 3.66. The Morgan fingerprint density at radius 3 is 2.47 bits per heavy atom. The molecule has 0 spiro atoms. The fourth-order valence-electron chi connectivity index (χ4n) is 2.57. The molecule has 0 aliphatic rings. The van der Waals surface area contributed by atoms with Crippen molar-refractivity contribution in [1.82, 2.24) is 0 Å². The third kappa shape index (κ3) is 3.07. The van der Waals surface area contributed by atoms with Crippen LogP contribution >= 0.6 is 0 Å². The predicted octanol–water partition coefficient (Wildman–Crippen LogP) is 4.43. The van der Waals surface area contributed by atoms with Crippen molar-refractivity contribution in [1.29, 1.82) is 0 Å². The van der Waals surface area contributed by atoms with Crippen LogP contribution in [0.2, 0.25) is 0 Å². The Balaban J connectivity index is 2.33. The van der Waals surface area contributed by atoms with E-state index in [4.69, 9.17) is 10.5 Å². The maximum atomic E-state index is 6.35. The molecule has 0 unspecified atom stereocenters. The van der Waals surface area contributed by atoms with Crippen LogP contribution in [-0.4, -0.2) is 7.11 Å². The Bertz CT molecular complexity index is 536. The van der Waals surface area contributed by atoms with Gasteiger partial charge in [0.25, 0.3) is 0 Å². The molecular formula is C17H23NO. The molecule has 0 heterocycles. The molecule has 0 saturated heterocycles. The van der Waals surface area contributed by atoms with Gasteiger partial charge < -0.3 is 10.5 Å². The zero-order valence-electron chi connectivity index (χ0n) is 11.9. The van der Waals surface area contributed by atoms with Crippen molar-refractivity contribution in [3.8, 4) is 5.75 Å². The summed E-state index contributed by atoms with van der Waals surface area (Å²) in [6, 6.07) is 12.6. The molecule has 1 atom stereocenters. The van der Waals surface area contributed by atoms with Crippen LogP contribution in [0.15, 0.2) is 36.4 Å². The summed E-state index contributed by atoms with van der Waals surface area (Å²) in [5.74, 6) is 0.917. The van der Waals surface area contributed by atoms with Crippen molar-refractivity contribution in [3.05, 3.63) is 42.0 Å². The Kier molecular flexibility index (Phi) is 4.80. The van der Waals surface area contributed by atoms with Crippen molar-refractivity contribution >= 4 is 10.8 Å². The van der Waals surface area contributed by atoms with Crippen molar-refractivity contribution < 1.29 is 4.74 Å². The molecule has 0 saturated carbocycles. The van der Waals surface area contributed by atoms with Crippen LogP contribution in [0.1, 0.15) is 44.2 Å². The van der Waals surface area contributed by atoms with Crippen LogP contribution in [0.3, 0.4) is 0 Å². The topological polar surface area (TPSA) is 35.2 Å². The van der Waals surface area contributed by atoms with Gasteiger partial charge >= 0.3 is 0 Å². The highest BCUT2D eigenvalue weighted by Crippen LogP contribution is 2.32. The van der Waals surface area contributed by atoms with E-state index in [0.717, 1.165) is 17.6 Å². The summed E-state index contributed by atoms with van der Waals surface area (Å²) in [5.41, 5.74) is 7.58. The van der Waals surface area contributed by atoms with Gasteiger partial charge in [0.05, 0.1) is 7.11 Å². The second-order valence-corrected chi connectivity index (χ2v) is 5.00. The summed E-state index contributed by atoms with van der Waals surface area (Å²) in [5, 5.41) is 2.36. The maximum absolute atomic E-state index is 6.35. The smallest absolute Gasteiger partial charge is 0.126 e. The van der Waals surface area contributed by atoms with E-state index in [2.05, 4.69) is 31.2 Å². The molecule has 2 heteroatoms. The second-order valence-electron chi connectivity index (χ2n) is 5.00. The quantitative estimate of drug-likeness (QED) is 0.777. The van der Waals surface area contributed by atoms with E-state index in [9.17, 15) is 0 Å². The highest BCUT2D eigenvalue weighted by molar-refractivity contribution is 5.91. The number of fused-ring (bicyclic) bond motifs is 1. The first-order chi connectivity index (χ1) is 9.27. The lowest BCUT2D eigenvalue weighted by Gasteiger charge is -2.16. The minimum atomic E-state index is 0.113. The number of nitrogens with two attached hydrogens (primary N) is 1. The van der Waals surface area contributed by atoms with Gasteiger partial charge in [0.2, 0.25) is 0 Å². The lowest BCUT2D eigenvalue weighted by Crippen LogP contribution is -2.10. The fraction of sp³-hybridized carbons (Fsp3) is 0.412. The number of ether oxygens (including phenoxy) is 1. The molecule has 0 aliphatic heterocycles. The molecule has 0 bridgehead atoms. The van der Waals surface area contributed by atoms with Crippen LogP contribution in [-0.2, 0) is 0 Å². The molecule has 2 nitrogen and oxygen atoms in total. The van der Waals surface area contributed by atoms with Crippen LogP contribution < -0.4 is 10.5 Å². The van der Waals surface area contributed by atoms with Crippen LogP contribution in [0.25, 0.3) is 10.8 Å². The summed E-state index contributed by atoms with van der Waals surface area (Å²) >= 11 is 0. The first-order valence-electron chi connectivity index (χ1n) is 7.09. The highest BCUT2D eigenvalue weighted by atomic mass is 16.5. The highest BCUT2D eigenvalue weighted by Gasteiger charge is 2.11. The van der Waals surface area contributed by atoms with E-state index in [1.165, 1.54) is 30.2 Å². The van der Waals surface area contributed by atoms with E-state index in [-0.39, 0.29) is 6.04 Å². The van der Waals surface area contributed by atoms with Gasteiger partial charge in [-0.3, -0.25) is 0 Å². The van der Waals surface area contributed by atoms with Crippen molar-refractivity contribution in [2.24, 2.45) is 5.73 Å². The van der Waals surface area contributed by atoms with Gasteiger partial charge in [-0.25, -0.2) is 0 Å². The molecule has 0 aliphatic carbocycles. The van der Waals surface area contributed by atoms with Gasteiger partial charge in [0.1, 0.15) is 5.75 Å². The second kappa shape index (κ2) is 6.58. The maximum Gasteiger partial charge on any atom is 0.126 e. The molecule has 19 heavy (non-hydrogen) atoms. The van der Waals surface area contributed by atoms with E-state index in [0.29, 0.717) is 0 Å². The molecule has 102 valence electrons. The van der Waals surface area contributed by atoms with Gasteiger partial charge in [-0.05, 0) is 23.4 Å².